The first-order valence-corrected chi connectivity index (χ1v) is 6.24. The lowest BCUT2D eigenvalue weighted by Crippen LogP contribution is -2.06. The van der Waals surface area contributed by atoms with Gasteiger partial charge in [0, 0.05) is 31.6 Å². The topological polar surface area (TPSA) is 86.2 Å². The van der Waals surface area contributed by atoms with Crippen molar-refractivity contribution in [1.82, 2.24) is 10.1 Å². The molecule has 0 atom stereocenters. The Bertz CT molecular complexity index is 539. The van der Waals surface area contributed by atoms with Gasteiger partial charge in [-0.15, -0.1) is 0 Å². The zero-order valence-corrected chi connectivity index (χ0v) is 11.1. The minimum Gasteiger partial charge on any atom is -0.492 e. The molecule has 0 unspecified atom stereocenters. The van der Waals surface area contributed by atoms with Gasteiger partial charge in [0.2, 0.25) is 5.89 Å². The molecule has 6 nitrogen and oxygen atoms in total. The third-order valence-electron chi connectivity index (χ3n) is 2.56. The summed E-state index contributed by atoms with van der Waals surface area (Å²) in [5, 5.41) is 7.11. The first-order valence-electron chi connectivity index (χ1n) is 6.24. The van der Waals surface area contributed by atoms with Crippen molar-refractivity contribution < 1.29 is 9.26 Å². The Morgan fingerprint density at radius 1 is 1.42 bits per heavy atom. The summed E-state index contributed by atoms with van der Waals surface area (Å²) in [6, 6.07) is 5.63. The molecule has 2 rings (SSSR count). The molecule has 0 aliphatic heterocycles. The maximum atomic E-state index is 5.81. The van der Waals surface area contributed by atoms with E-state index in [1.54, 1.807) is 6.92 Å². The average molecular weight is 262 g/mol. The van der Waals surface area contributed by atoms with E-state index in [1.807, 2.05) is 25.1 Å². The molecule has 6 heteroatoms. The van der Waals surface area contributed by atoms with Gasteiger partial charge in [0.05, 0.1) is 12.3 Å². The van der Waals surface area contributed by atoms with Crippen LogP contribution in [-0.4, -0.2) is 23.3 Å². The average Bonchev–Trinajstić information content (AvgIpc) is 2.79. The molecular weight excluding hydrogens is 244 g/mol. The van der Waals surface area contributed by atoms with E-state index in [4.69, 9.17) is 15.0 Å². The maximum absolute atomic E-state index is 5.81. The summed E-state index contributed by atoms with van der Waals surface area (Å²) in [5.74, 6) is 1.98. The summed E-state index contributed by atoms with van der Waals surface area (Å²) in [6.45, 7) is 5.01. The summed E-state index contributed by atoms with van der Waals surface area (Å²) < 4.78 is 10.3. The van der Waals surface area contributed by atoms with Gasteiger partial charge in [0.15, 0.2) is 5.82 Å². The van der Waals surface area contributed by atoms with Crippen molar-refractivity contribution in [2.45, 2.75) is 20.3 Å². The number of rotatable bonds is 6. The molecule has 2 aromatic rings. The summed E-state index contributed by atoms with van der Waals surface area (Å²) >= 11 is 0. The minimum atomic E-state index is 0.584. The van der Waals surface area contributed by atoms with Crippen LogP contribution in [0.5, 0.6) is 5.75 Å². The van der Waals surface area contributed by atoms with Crippen molar-refractivity contribution in [2.75, 3.05) is 24.2 Å². The highest BCUT2D eigenvalue weighted by Gasteiger charge is 2.04. The van der Waals surface area contributed by atoms with Gasteiger partial charge in [-0.1, -0.05) is 5.16 Å². The van der Waals surface area contributed by atoms with Crippen LogP contribution in [0.1, 0.15) is 18.6 Å². The highest BCUT2D eigenvalue weighted by atomic mass is 16.5. The molecule has 1 aromatic carbocycles. The van der Waals surface area contributed by atoms with E-state index in [-0.39, 0.29) is 0 Å². The van der Waals surface area contributed by atoms with E-state index in [1.165, 1.54) is 0 Å². The second-order valence-electron chi connectivity index (χ2n) is 4.09. The largest absolute Gasteiger partial charge is 0.492 e. The standard InChI is InChI=1S/C13H18N4O2/c1-3-18-12-8-10(4-5-11(12)14)15-7-6-13-16-9(2)19-17-13/h4-5,8,15H,3,6-7,14H2,1-2H3. The smallest absolute Gasteiger partial charge is 0.223 e. The van der Waals surface area contributed by atoms with Gasteiger partial charge in [-0.3, -0.25) is 0 Å². The van der Waals surface area contributed by atoms with Crippen LogP contribution in [0.4, 0.5) is 11.4 Å². The zero-order chi connectivity index (χ0) is 13.7. The maximum Gasteiger partial charge on any atom is 0.223 e. The van der Waals surface area contributed by atoms with Gasteiger partial charge in [-0.05, 0) is 19.1 Å². The van der Waals surface area contributed by atoms with E-state index in [2.05, 4.69) is 15.5 Å². The van der Waals surface area contributed by atoms with Gasteiger partial charge in [0.25, 0.3) is 0 Å². The number of benzene rings is 1. The molecule has 0 aliphatic rings. The number of nitrogens with one attached hydrogen (secondary N) is 1. The highest BCUT2D eigenvalue weighted by Crippen LogP contribution is 2.25. The lowest BCUT2D eigenvalue weighted by atomic mass is 10.2. The van der Waals surface area contributed by atoms with Crippen LogP contribution in [0, 0.1) is 6.92 Å². The van der Waals surface area contributed by atoms with Gasteiger partial charge in [-0.2, -0.15) is 4.98 Å². The van der Waals surface area contributed by atoms with Gasteiger partial charge in [-0.25, -0.2) is 0 Å². The van der Waals surface area contributed by atoms with Crippen molar-refractivity contribution in [2.24, 2.45) is 0 Å². The van der Waals surface area contributed by atoms with E-state index >= 15 is 0 Å². The molecule has 102 valence electrons. The van der Waals surface area contributed by atoms with E-state index < -0.39 is 0 Å². The fourth-order valence-electron chi connectivity index (χ4n) is 1.69. The summed E-state index contributed by atoms with van der Waals surface area (Å²) in [4.78, 5) is 4.14. The molecule has 0 amide bonds. The van der Waals surface area contributed by atoms with Crippen LogP contribution in [0.2, 0.25) is 0 Å². The summed E-state index contributed by atoms with van der Waals surface area (Å²) in [5.41, 5.74) is 7.41. The monoisotopic (exact) mass is 262 g/mol. The third kappa shape index (κ3) is 3.61. The van der Waals surface area contributed by atoms with Crippen LogP contribution < -0.4 is 15.8 Å². The molecule has 19 heavy (non-hydrogen) atoms. The molecule has 0 radical (unpaired) electrons. The van der Waals surface area contributed by atoms with Crippen LogP contribution in [0.3, 0.4) is 0 Å². The molecule has 0 saturated carbocycles. The van der Waals surface area contributed by atoms with Crippen molar-refractivity contribution in [3.05, 3.63) is 29.9 Å². The number of anilines is 2. The van der Waals surface area contributed by atoms with Crippen molar-refractivity contribution in [3.63, 3.8) is 0 Å². The minimum absolute atomic E-state index is 0.584. The summed E-state index contributed by atoms with van der Waals surface area (Å²) in [6.07, 6.45) is 0.700. The number of ether oxygens (including phenoxy) is 1. The first kappa shape index (κ1) is 13.2. The van der Waals surface area contributed by atoms with Gasteiger partial charge < -0.3 is 20.3 Å². The summed E-state index contributed by atoms with van der Waals surface area (Å²) in [7, 11) is 0. The second-order valence-corrected chi connectivity index (χ2v) is 4.09. The van der Waals surface area contributed by atoms with Crippen LogP contribution in [-0.2, 0) is 6.42 Å². The Morgan fingerprint density at radius 3 is 2.95 bits per heavy atom. The fourth-order valence-corrected chi connectivity index (χ4v) is 1.69. The Balaban J connectivity index is 1.90. The molecular formula is C13H18N4O2. The Morgan fingerprint density at radius 2 is 2.26 bits per heavy atom. The zero-order valence-electron chi connectivity index (χ0n) is 11.1. The first-order chi connectivity index (χ1) is 9.19. The van der Waals surface area contributed by atoms with Crippen molar-refractivity contribution >= 4 is 11.4 Å². The molecule has 0 aliphatic carbocycles. The molecule has 1 heterocycles. The Kier molecular flexibility index (Phi) is 4.22. The highest BCUT2D eigenvalue weighted by molar-refractivity contribution is 5.61. The second kappa shape index (κ2) is 6.08. The lowest BCUT2D eigenvalue weighted by Gasteiger charge is -2.10. The van der Waals surface area contributed by atoms with Gasteiger partial charge >= 0.3 is 0 Å². The number of hydrogen-bond donors (Lipinski definition) is 2. The predicted molar refractivity (Wildman–Crippen MR) is 73.3 cm³/mol. The molecule has 0 bridgehead atoms. The predicted octanol–water partition coefficient (Wildman–Crippen LogP) is 2.01. The SMILES string of the molecule is CCOc1cc(NCCc2noc(C)n2)ccc1N. The number of hydrogen-bond acceptors (Lipinski definition) is 6. The van der Waals surface area contributed by atoms with Crippen molar-refractivity contribution in [3.8, 4) is 5.75 Å². The molecule has 0 fully saturated rings. The number of nitrogens with zero attached hydrogens (tertiary/aromatic N) is 2. The van der Waals surface area contributed by atoms with Crippen LogP contribution in [0.15, 0.2) is 22.7 Å². The molecule has 0 spiro atoms. The van der Waals surface area contributed by atoms with Crippen molar-refractivity contribution in [1.29, 1.82) is 0 Å². The fraction of sp³-hybridized carbons (Fsp3) is 0.385. The van der Waals surface area contributed by atoms with E-state index in [0.717, 1.165) is 5.69 Å². The molecule has 3 N–H and O–H groups in total. The lowest BCUT2D eigenvalue weighted by molar-refractivity contribution is 0.342. The quantitative estimate of drug-likeness (QED) is 0.774. The third-order valence-corrected chi connectivity index (χ3v) is 2.56. The van der Waals surface area contributed by atoms with Crippen LogP contribution >= 0.6 is 0 Å². The number of nitrogen functional groups attached to an aromatic ring is 1. The molecule has 1 aromatic heterocycles. The van der Waals surface area contributed by atoms with E-state index in [9.17, 15) is 0 Å². The Labute approximate surface area is 112 Å². The normalized spacial score (nSPS) is 10.4. The Hall–Kier alpha value is -2.24. The van der Waals surface area contributed by atoms with Gasteiger partial charge in [0.1, 0.15) is 5.75 Å². The number of aromatic nitrogens is 2. The van der Waals surface area contributed by atoms with E-state index in [0.29, 0.717) is 42.7 Å². The number of aryl methyl sites for hydroxylation is 1. The number of nitrogens with two attached hydrogens (primary N) is 1. The molecule has 0 saturated heterocycles. The van der Waals surface area contributed by atoms with Crippen LogP contribution in [0.25, 0.3) is 0 Å².